The highest BCUT2D eigenvalue weighted by Crippen LogP contribution is 2.16. The lowest BCUT2D eigenvalue weighted by atomic mass is 10.2. The van der Waals surface area contributed by atoms with Gasteiger partial charge in [-0.15, -0.1) is 0 Å². The van der Waals surface area contributed by atoms with E-state index in [1.807, 2.05) is 6.92 Å². The molecule has 0 amide bonds. The second kappa shape index (κ2) is 5.82. The second-order valence-electron chi connectivity index (χ2n) is 4.34. The summed E-state index contributed by atoms with van der Waals surface area (Å²) < 4.78 is 28.5. The van der Waals surface area contributed by atoms with Crippen molar-refractivity contribution in [2.75, 3.05) is 18.1 Å². The van der Waals surface area contributed by atoms with E-state index >= 15 is 0 Å². The van der Waals surface area contributed by atoms with E-state index in [0.717, 1.165) is 19.4 Å². The zero-order valence-corrected chi connectivity index (χ0v) is 10.1. The minimum atomic E-state index is -2.92. The Balaban J connectivity index is 2.23. The Morgan fingerprint density at radius 2 is 2.20 bits per heavy atom. The van der Waals surface area contributed by atoms with E-state index in [0.29, 0.717) is 12.8 Å². The Morgan fingerprint density at radius 1 is 1.47 bits per heavy atom. The number of sulfone groups is 1. The molecular formula is C10H21NO3S. The highest BCUT2D eigenvalue weighted by molar-refractivity contribution is 7.91. The van der Waals surface area contributed by atoms with Crippen LogP contribution in [0, 0.1) is 0 Å². The van der Waals surface area contributed by atoms with Gasteiger partial charge in [-0.1, -0.05) is 0 Å². The average molecular weight is 235 g/mol. The third-order valence-corrected chi connectivity index (χ3v) is 4.37. The minimum absolute atomic E-state index is 0.0393. The van der Waals surface area contributed by atoms with Gasteiger partial charge in [-0.25, -0.2) is 8.42 Å². The lowest BCUT2D eigenvalue weighted by Crippen LogP contribution is -2.23. The first-order valence-electron chi connectivity index (χ1n) is 5.57. The highest BCUT2D eigenvalue weighted by atomic mass is 32.2. The van der Waals surface area contributed by atoms with E-state index in [1.54, 1.807) is 0 Å². The maximum absolute atomic E-state index is 11.6. The maximum atomic E-state index is 11.6. The molecule has 0 bridgehead atoms. The number of ether oxygens (including phenoxy) is 1. The van der Waals surface area contributed by atoms with Crippen LogP contribution in [0.3, 0.4) is 0 Å². The Bertz CT molecular complexity index is 268. The lowest BCUT2D eigenvalue weighted by Gasteiger charge is -2.10. The van der Waals surface area contributed by atoms with Crippen LogP contribution in [-0.4, -0.2) is 38.7 Å². The van der Waals surface area contributed by atoms with Gasteiger partial charge in [-0.05, 0) is 32.6 Å². The van der Waals surface area contributed by atoms with Crippen molar-refractivity contribution in [2.24, 2.45) is 5.73 Å². The van der Waals surface area contributed by atoms with E-state index in [9.17, 15) is 8.42 Å². The fourth-order valence-corrected chi connectivity index (χ4v) is 3.21. The van der Waals surface area contributed by atoms with Crippen molar-refractivity contribution >= 4 is 9.84 Å². The molecule has 0 spiro atoms. The topological polar surface area (TPSA) is 69.4 Å². The van der Waals surface area contributed by atoms with E-state index in [1.165, 1.54) is 0 Å². The zero-order chi connectivity index (χ0) is 11.3. The monoisotopic (exact) mass is 235 g/mol. The maximum Gasteiger partial charge on any atom is 0.150 e. The van der Waals surface area contributed by atoms with Gasteiger partial charge in [0.15, 0.2) is 0 Å². The average Bonchev–Trinajstić information content (AvgIpc) is 2.65. The summed E-state index contributed by atoms with van der Waals surface area (Å²) in [6.07, 6.45) is 3.41. The van der Waals surface area contributed by atoms with Gasteiger partial charge in [0, 0.05) is 12.6 Å². The van der Waals surface area contributed by atoms with Gasteiger partial charge >= 0.3 is 0 Å². The van der Waals surface area contributed by atoms with Crippen molar-refractivity contribution in [2.45, 2.75) is 44.8 Å². The molecular weight excluding hydrogens is 214 g/mol. The molecule has 1 aliphatic heterocycles. The van der Waals surface area contributed by atoms with Crippen molar-refractivity contribution in [1.82, 2.24) is 0 Å². The summed E-state index contributed by atoms with van der Waals surface area (Å²) in [6, 6.07) is -0.0393. The fourth-order valence-electron chi connectivity index (χ4n) is 1.65. The van der Waals surface area contributed by atoms with Crippen molar-refractivity contribution < 1.29 is 13.2 Å². The second-order valence-corrected chi connectivity index (χ2v) is 6.65. The molecule has 90 valence electrons. The van der Waals surface area contributed by atoms with E-state index in [-0.39, 0.29) is 23.7 Å². The quantitative estimate of drug-likeness (QED) is 0.736. The van der Waals surface area contributed by atoms with E-state index < -0.39 is 9.84 Å². The largest absolute Gasteiger partial charge is 0.378 e. The van der Waals surface area contributed by atoms with Crippen LogP contribution < -0.4 is 5.73 Å². The molecule has 1 rings (SSSR count). The van der Waals surface area contributed by atoms with Crippen LogP contribution in [0.2, 0.25) is 0 Å². The van der Waals surface area contributed by atoms with Crippen LogP contribution in [0.25, 0.3) is 0 Å². The van der Waals surface area contributed by atoms with Crippen LogP contribution in [-0.2, 0) is 14.6 Å². The zero-order valence-electron chi connectivity index (χ0n) is 9.31. The molecule has 1 saturated heterocycles. The Morgan fingerprint density at radius 3 is 2.73 bits per heavy atom. The fraction of sp³-hybridized carbons (Fsp3) is 1.00. The van der Waals surface area contributed by atoms with Gasteiger partial charge in [0.05, 0.1) is 17.6 Å². The van der Waals surface area contributed by atoms with Gasteiger partial charge in [-0.2, -0.15) is 0 Å². The summed E-state index contributed by atoms with van der Waals surface area (Å²) in [4.78, 5) is 0. The van der Waals surface area contributed by atoms with Gasteiger partial charge in [0.1, 0.15) is 9.84 Å². The molecule has 5 heteroatoms. The smallest absolute Gasteiger partial charge is 0.150 e. The summed E-state index contributed by atoms with van der Waals surface area (Å²) in [5.41, 5.74) is 5.53. The number of nitrogens with two attached hydrogens (primary N) is 1. The molecule has 0 radical (unpaired) electrons. The van der Waals surface area contributed by atoms with Crippen LogP contribution in [0.5, 0.6) is 0 Å². The molecule has 1 aliphatic rings. The normalized spacial score (nSPS) is 24.3. The van der Waals surface area contributed by atoms with Crippen LogP contribution in [0.1, 0.15) is 32.6 Å². The van der Waals surface area contributed by atoms with Crippen LogP contribution in [0.4, 0.5) is 0 Å². The summed E-state index contributed by atoms with van der Waals surface area (Å²) in [7, 11) is -2.92. The predicted molar refractivity (Wildman–Crippen MR) is 60.5 cm³/mol. The summed E-state index contributed by atoms with van der Waals surface area (Å²) in [6.45, 7) is 2.61. The third kappa shape index (κ3) is 5.49. The van der Waals surface area contributed by atoms with Crippen molar-refractivity contribution in [3.8, 4) is 0 Å². The Labute approximate surface area is 92.1 Å². The van der Waals surface area contributed by atoms with Gasteiger partial charge in [0.2, 0.25) is 0 Å². The SMILES string of the molecule is CC(N)CCS(=O)(=O)CCC1CCCO1. The van der Waals surface area contributed by atoms with Crippen LogP contribution in [0.15, 0.2) is 0 Å². The number of hydrogen-bond acceptors (Lipinski definition) is 4. The number of hydrogen-bond donors (Lipinski definition) is 1. The van der Waals surface area contributed by atoms with Gasteiger partial charge in [0.25, 0.3) is 0 Å². The Hall–Kier alpha value is -0.130. The van der Waals surface area contributed by atoms with Crippen LogP contribution >= 0.6 is 0 Å². The minimum Gasteiger partial charge on any atom is -0.378 e. The predicted octanol–water partition coefficient (Wildman–Crippen LogP) is 0.708. The van der Waals surface area contributed by atoms with E-state index in [4.69, 9.17) is 10.5 Å². The summed E-state index contributed by atoms with van der Waals surface area (Å²) >= 11 is 0. The molecule has 0 saturated carbocycles. The van der Waals surface area contributed by atoms with Crippen molar-refractivity contribution in [1.29, 1.82) is 0 Å². The molecule has 2 unspecified atom stereocenters. The molecule has 0 aromatic rings. The standard InChI is InChI=1S/C10H21NO3S/c1-9(11)4-7-15(12,13)8-5-10-3-2-6-14-10/h9-10H,2-8,11H2,1H3. The number of rotatable bonds is 6. The first-order valence-corrected chi connectivity index (χ1v) is 7.39. The molecule has 2 N–H and O–H groups in total. The first kappa shape index (κ1) is 12.9. The molecule has 15 heavy (non-hydrogen) atoms. The Kier molecular flexibility index (Phi) is 5.02. The third-order valence-electron chi connectivity index (χ3n) is 2.66. The van der Waals surface area contributed by atoms with Crippen molar-refractivity contribution in [3.63, 3.8) is 0 Å². The molecule has 0 aliphatic carbocycles. The van der Waals surface area contributed by atoms with Gasteiger partial charge in [-0.3, -0.25) is 0 Å². The first-order chi connectivity index (χ1) is 6.99. The molecule has 1 heterocycles. The highest BCUT2D eigenvalue weighted by Gasteiger charge is 2.19. The van der Waals surface area contributed by atoms with Crippen molar-refractivity contribution in [3.05, 3.63) is 0 Å². The molecule has 0 aromatic carbocycles. The van der Waals surface area contributed by atoms with Gasteiger partial charge < -0.3 is 10.5 Å². The van der Waals surface area contributed by atoms with E-state index in [2.05, 4.69) is 0 Å². The molecule has 2 atom stereocenters. The molecule has 4 nitrogen and oxygen atoms in total. The molecule has 1 fully saturated rings. The summed E-state index contributed by atoms with van der Waals surface area (Å²) in [5, 5.41) is 0. The molecule has 0 aromatic heterocycles. The lowest BCUT2D eigenvalue weighted by molar-refractivity contribution is 0.109. The summed E-state index contributed by atoms with van der Waals surface area (Å²) in [5.74, 6) is 0.446.